The Morgan fingerprint density at radius 3 is 2.33 bits per heavy atom. The summed E-state index contributed by atoms with van der Waals surface area (Å²) < 4.78 is 35.8. The standard InChI is InChI=1S/C7H8F3NO3S/c8-7(9,10)4(12)11-6(5(13)14)1-2-15-3-6/h1-3H2,(H,11,12)(H,13,14). The highest BCUT2D eigenvalue weighted by Crippen LogP contribution is 2.29. The van der Waals surface area contributed by atoms with E-state index < -0.39 is 23.6 Å². The second kappa shape index (κ2) is 3.92. The van der Waals surface area contributed by atoms with Crippen LogP contribution in [0.25, 0.3) is 0 Å². The van der Waals surface area contributed by atoms with Crippen LogP contribution in [0.4, 0.5) is 13.2 Å². The van der Waals surface area contributed by atoms with Crippen molar-refractivity contribution in [3.8, 4) is 0 Å². The molecule has 1 atom stereocenters. The van der Waals surface area contributed by atoms with Gasteiger partial charge in [0.25, 0.3) is 0 Å². The Balaban J connectivity index is 2.77. The number of amides is 1. The van der Waals surface area contributed by atoms with E-state index in [4.69, 9.17) is 5.11 Å². The summed E-state index contributed by atoms with van der Waals surface area (Å²) in [5.41, 5.74) is -1.77. The number of carboxylic acid groups (broad SMARTS) is 1. The number of carbonyl (C=O) groups is 2. The van der Waals surface area contributed by atoms with Crippen molar-refractivity contribution in [2.75, 3.05) is 11.5 Å². The summed E-state index contributed by atoms with van der Waals surface area (Å²) in [5.74, 6) is -3.24. The molecule has 8 heteroatoms. The third-order valence-electron chi connectivity index (χ3n) is 2.04. The lowest BCUT2D eigenvalue weighted by Crippen LogP contribution is -2.57. The van der Waals surface area contributed by atoms with Gasteiger partial charge in [-0.05, 0) is 12.2 Å². The quantitative estimate of drug-likeness (QED) is 0.746. The minimum absolute atomic E-state index is 0.00875. The predicted octanol–water partition coefficient (Wildman–Crippen LogP) is 0.625. The van der Waals surface area contributed by atoms with Gasteiger partial charge in [-0.25, -0.2) is 4.79 Å². The minimum atomic E-state index is -5.05. The first-order valence-corrected chi connectivity index (χ1v) is 5.14. The van der Waals surface area contributed by atoms with Crippen LogP contribution in [-0.2, 0) is 9.59 Å². The number of alkyl halides is 3. The van der Waals surface area contributed by atoms with Gasteiger partial charge in [0.1, 0.15) is 5.54 Å². The second-order valence-corrected chi connectivity index (χ2v) is 4.25. The number of hydrogen-bond donors (Lipinski definition) is 2. The number of carbonyl (C=O) groups excluding carboxylic acids is 1. The molecule has 1 fully saturated rings. The SMILES string of the molecule is O=C(NC1(C(=O)O)CCSC1)C(F)(F)F. The Hall–Kier alpha value is -0.920. The Labute approximate surface area is 87.2 Å². The Morgan fingerprint density at radius 2 is 2.00 bits per heavy atom. The van der Waals surface area contributed by atoms with Crippen LogP contribution >= 0.6 is 11.8 Å². The summed E-state index contributed by atoms with van der Waals surface area (Å²) in [5, 5.41) is 10.3. The number of halogens is 3. The maximum absolute atomic E-state index is 11.9. The Kier molecular flexibility index (Phi) is 3.17. The van der Waals surface area contributed by atoms with Gasteiger partial charge >= 0.3 is 18.1 Å². The normalized spacial score (nSPS) is 26.3. The molecule has 1 unspecified atom stereocenters. The highest BCUT2D eigenvalue weighted by atomic mass is 32.2. The van der Waals surface area contributed by atoms with Gasteiger partial charge in [0.2, 0.25) is 0 Å². The lowest BCUT2D eigenvalue weighted by molar-refractivity contribution is -0.177. The van der Waals surface area contributed by atoms with E-state index in [0.29, 0.717) is 5.75 Å². The fourth-order valence-electron chi connectivity index (χ4n) is 1.17. The zero-order chi connectivity index (χ0) is 11.7. The third-order valence-corrected chi connectivity index (χ3v) is 3.23. The van der Waals surface area contributed by atoms with Crippen molar-refractivity contribution in [3.63, 3.8) is 0 Å². The van der Waals surface area contributed by atoms with Crippen molar-refractivity contribution >= 4 is 23.6 Å². The van der Waals surface area contributed by atoms with Gasteiger partial charge in [0.15, 0.2) is 0 Å². The smallest absolute Gasteiger partial charge is 0.471 e. The molecule has 15 heavy (non-hydrogen) atoms. The van der Waals surface area contributed by atoms with E-state index in [-0.39, 0.29) is 12.2 Å². The first-order valence-electron chi connectivity index (χ1n) is 3.98. The van der Waals surface area contributed by atoms with Crippen LogP contribution in [0, 0.1) is 0 Å². The lowest BCUT2D eigenvalue weighted by Gasteiger charge is -2.24. The molecule has 0 radical (unpaired) electrons. The Morgan fingerprint density at radius 1 is 1.40 bits per heavy atom. The highest BCUT2D eigenvalue weighted by Gasteiger charge is 2.49. The molecular formula is C7H8F3NO3S. The van der Waals surface area contributed by atoms with Crippen LogP contribution in [0.15, 0.2) is 0 Å². The summed E-state index contributed by atoms with van der Waals surface area (Å²) in [6.07, 6.45) is -5.04. The molecule has 0 aliphatic carbocycles. The third kappa shape index (κ3) is 2.55. The van der Waals surface area contributed by atoms with Gasteiger partial charge in [-0.2, -0.15) is 24.9 Å². The van der Waals surface area contributed by atoms with Gasteiger partial charge in [-0.15, -0.1) is 0 Å². The lowest BCUT2D eigenvalue weighted by atomic mass is 9.99. The molecule has 86 valence electrons. The number of carboxylic acids is 1. The maximum atomic E-state index is 11.9. The molecular weight excluding hydrogens is 235 g/mol. The average Bonchev–Trinajstić information content (AvgIpc) is 2.52. The number of aliphatic carboxylic acids is 1. The maximum Gasteiger partial charge on any atom is 0.471 e. The molecule has 0 aromatic heterocycles. The first kappa shape index (κ1) is 12.2. The second-order valence-electron chi connectivity index (χ2n) is 3.14. The highest BCUT2D eigenvalue weighted by molar-refractivity contribution is 7.99. The summed E-state index contributed by atoms with van der Waals surface area (Å²) in [4.78, 5) is 21.4. The largest absolute Gasteiger partial charge is 0.479 e. The number of nitrogens with one attached hydrogen (secondary N) is 1. The fourth-order valence-corrected chi connectivity index (χ4v) is 2.50. The van der Waals surface area contributed by atoms with Gasteiger partial charge in [-0.3, -0.25) is 4.79 Å². The molecule has 1 aliphatic heterocycles. The van der Waals surface area contributed by atoms with Crippen molar-refractivity contribution in [1.82, 2.24) is 5.32 Å². The molecule has 0 aromatic rings. The zero-order valence-electron chi connectivity index (χ0n) is 7.43. The summed E-state index contributed by atoms with van der Waals surface area (Å²) in [6, 6.07) is 0. The van der Waals surface area contributed by atoms with E-state index >= 15 is 0 Å². The average molecular weight is 243 g/mol. The number of hydrogen-bond acceptors (Lipinski definition) is 3. The van der Waals surface area contributed by atoms with E-state index in [9.17, 15) is 22.8 Å². The van der Waals surface area contributed by atoms with E-state index in [1.165, 1.54) is 11.8 Å². The van der Waals surface area contributed by atoms with Crippen LogP contribution in [0.1, 0.15) is 6.42 Å². The van der Waals surface area contributed by atoms with Gasteiger partial charge < -0.3 is 10.4 Å². The van der Waals surface area contributed by atoms with E-state index in [2.05, 4.69) is 0 Å². The molecule has 1 rings (SSSR count). The van der Waals surface area contributed by atoms with E-state index in [1.54, 1.807) is 5.32 Å². The number of rotatable bonds is 2. The summed E-state index contributed by atoms with van der Waals surface area (Å²) >= 11 is 1.20. The molecule has 0 bridgehead atoms. The monoisotopic (exact) mass is 243 g/mol. The first-order chi connectivity index (χ1) is 6.78. The van der Waals surface area contributed by atoms with Crippen molar-refractivity contribution in [3.05, 3.63) is 0 Å². The molecule has 1 aliphatic rings. The fraction of sp³-hybridized carbons (Fsp3) is 0.714. The van der Waals surface area contributed by atoms with Crippen LogP contribution in [0.2, 0.25) is 0 Å². The van der Waals surface area contributed by atoms with Crippen LogP contribution < -0.4 is 5.32 Å². The van der Waals surface area contributed by atoms with Crippen LogP contribution in [-0.4, -0.2) is 40.2 Å². The van der Waals surface area contributed by atoms with Crippen molar-refractivity contribution in [1.29, 1.82) is 0 Å². The van der Waals surface area contributed by atoms with Gasteiger partial charge in [0.05, 0.1) is 0 Å². The van der Waals surface area contributed by atoms with Crippen molar-refractivity contribution < 1.29 is 27.9 Å². The molecule has 0 aromatic carbocycles. The Bertz CT molecular complexity index is 286. The summed E-state index contributed by atoms with van der Waals surface area (Å²) in [7, 11) is 0. The molecule has 2 N–H and O–H groups in total. The molecule has 0 saturated carbocycles. The molecule has 1 amide bonds. The van der Waals surface area contributed by atoms with Crippen LogP contribution in [0.5, 0.6) is 0 Å². The molecule has 4 nitrogen and oxygen atoms in total. The van der Waals surface area contributed by atoms with E-state index in [1.807, 2.05) is 0 Å². The van der Waals surface area contributed by atoms with Gasteiger partial charge in [0, 0.05) is 5.75 Å². The van der Waals surface area contributed by atoms with E-state index in [0.717, 1.165) is 0 Å². The number of thioether (sulfide) groups is 1. The summed E-state index contributed by atoms with van der Waals surface area (Å²) in [6.45, 7) is 0. The van der Waals surface area contributed by atoms with Gasteiger partial charge in [-0.1, -0.05) is 0 Å². The van der Waals surface area contributed by atoms with Crippen LogP contribution in [0.3, 0.4) is 0 Å². The van der Waals surface area contributed by atoms with Crippen molar-refractivity contribution in [2.45, 2.75) is 18.1 Å². The predicted molar refractivity (Wildman–Crippen MR) is 46.5 cm³/mol. The topological polar surface area (TPSA) is 66.4 Å². The molecule has 0 spiro atoms. The minimum Gasteiger partial charge on any atom is -0.479 e. The molecule has 1 heterocycles. The van der Waals surface area contributed by atoms with Crippen molar-refractivity contribution in [2.24, 2.45) is 0 Å². The zero-order valence-corrected chi connectivity index (χ0v) is 8.24. The molecule has 1 saturated heterocycles.